The minimum atomic E-state index is 0.126. The average molecular weight is 267 g/mol. The van der Waals surface area contributed by atoms with Crippen molar-refractivity contribution in [2.45, 2.75) is 40.0 Å². The van der Waals surface area contributed by atoms with Gasteiger partial charge in [-0.05, 0) is 62.3 Å². The molecule has 0 spiro atoms. The highest BCUT2D eigenvalue weighted by Gasteiger charge is 2.27. The Morgan fingerprint density at radius 1 is 1.10 bits per heavy atom. The summed E-state index contributed by atoms with van der Waals surface area (Å²) in [6.45, 7) is 6.16. The van der Waals surface area contributed by atoms with Gasteiger partial charge in [0.05, 0.1) is 5.69 Å². The number of aryl methyl sites for hydroxylation is 2. The number of hydrogen-bond acceptors (Lipinski definition) is 1. The van der Waals surface area contributed by atoms with Gasteiger partial charge in [-0.25, -0.2) is 0 Å². The molecule has 0 amide bonds. The van der Waals surface area contributed by atoms with Crippen LogP contribution in [0.2, 0.25) is 0 Å². The van der Waals surface area contributed by atoms with Crippen LogP contribution in [0.4, 0.5) is 0 Å². The smallest absolute Gasteiger partial charge is 0.182 e. The molecule has 0 saturated heterocycles. The maximum Gasteiger partial charge on any atom is 0.182 e. The molecular weight excluding hydrogens is 246 g/mol. The summed E-state index contributed by atoms with van der Waals surface area (Å²) in [6.07, 6.45) is 2.86. The van der Waals surface area contributed by atoms with Gasteiger partial charge in [0.25, 0.3) is 0 Å². The fourth-order valence-electron chi connectivity index (χ4n) is 3.22. The first-order valence-electron chi connectivity index (χ1n) is 7.34. The van der Waals surface area contributed by atoms with E-state index < -0.39 is 0 Å². The molecule has 0 fully saturated rings. The highest BCUT2D eigenvalue weighted by molar-refractivity contribution is 5.98. The molecular formula is C18H21NO. The van der Waals surface area contributed by atoms with Gasteiger partial charge in [-0.15, -0.1) is 0 Å². The third-order valence-corrected chi connectivity index (χ3v) is 4.78. The summed E-state index contributed by atoms with van der Waals surface area (Å²) in [4.78, 5) is 16.0. The Kier molecular flexibility index (Phi) is 3.25. The zero-order valence-electron chi connectivity index (χ0n) is 12.4. The highest BCUT2D eigenvalue weighted by atomic mass is 16.1. The van der Waals surface area contributed by atoms with Gasteiger partial charge < -0.3 is 4.98 Å². The van der Waals surface area contributed by atoms with Crippen LogP contribution in [-0.2, 0) is 12.8 Å². The van der Waals surface area contributed by atoms with Crippen molar-refractivity contribution >= 4 is 5.78 Å². The van der Waals surface area contributed by atoms with Gasteiger partial charge in [-0.2, -0.15) is 0 Å². The van der Waals surface area contributed by atoms with Crippen molar-refractivity contribution in [2.24, 2.45) is 5.92 Å². The zero-order chi connectivity index (χ0) is 14.3. The van der Waals surface area contributed by atoms with Gasteiger partial charge in [0.2, 0.25) is 0 Å². The quantitative estimate of drug-likeness (QED) is 0.822. The van der Waals surface area contributed by atoms with E-state index in [0.717, 1.165) is 36.2 Å². The first-order valence-corrected chi connectivity index (χ1v) is 7.34. The van der Waals surface area contributed by atoms with Gasteiger partial charge in [-0.1, -0.05) is 24.3 Å². The van der Waals surface area contributed by atoms with Crippen LogP contribution in [0.25, 0.3) is 0 Å². The summed E-state index contributed by atoms with van der Waals surface area (Å²) in [5, 5.41) is 0. The van der Waals surface area contributed by atoms with Crippen molar-refractivity contribution in [3.05, 3.63) is 57.9 Å². The number of nitrogens with one attached hydrogen (secondary N) is 1. The molecule has 1 aliphatic carbocycles. The molecule has 104 valence electrons. The number of carbonyl (C=O) groups is 1. The van der Waals surface area contributed by atoms with Crippen molar-refractivity contribution < 1.29 is 4.79 Å². The lowest BCUT2D eigenvalue weighted by Gasteiger charge is -2.23. The van der Waals surface area contributed by atoms with Crippen LogP contribution in [0.5, 0.6) is 0 Å². The fourth-order valence-corrected chi connectivity index (χ4v) is 3.22. The second-order valence-corrected chi connectivity index (χ2v) is 5.95. The Morgan fingerprint density at radius 3 is 2.45 bits per heavy atom. The molecule has 2 heteroatoms. The van der Waals surface area contributed by atoms with Crippen LogP contribution in [0.15, 0.2) is 24.3 Å². The van der Waals surface area contributed by atoms with E-state index in [1.807, 2.05) is 13.8 Å². The number of aromatic amines is 1. The number of Topliss-reactive ketones (excluding diaryl/α,β-unsaturated/α-hetero) is 1. The first-order chi connectivity index (χ1) is 9.58. The lowest BCUT2D eigenvalue weighted by Crippen LogP contribution is -2.23. The molecule has 1 aromatic carbocycles. The van der Waals surface area contributed by atoms with Gasteiger partial charge >= 0.3 is 0 Å². The van der Waals surface area contributed by atoms with Crippen LogP contribution in [0, 0.1) is 26.7 Å². The minimum Gasteiger partial charge on any atom is -0.356 e. The molecule has 2 aromatic rings. The van der Waals surface area contributed by atoms with E-state index in [4.69, 9.17) is 0 Å². The average Bonchev–Trinajstić information content (AvgIpc) is 2.73. The lowest BCUT2D eigenvalue weighted by molar-refractivity contribution is 0.0903. The lowest BCUT2D eigenvalue weighted by atomic mass is 9.80. The van der Waals surface area contributed by atoms with Crippen LogP contribution < -0.4 is 0 Å². The number of benzene rings is 1. The van der Waals surface area contributed by atoms with E-state index in [0.29, 0.717) is 0 Å². The van der Waals surface area contributed by atoms with Crippen molar-refractivity contribution in [2.75, 3.05) is 0 Å². The third-order valence-electron chi connectivity index (χ3n) is 4.78. The normalized spacial score (nSPS) is 17.9. The molecule has 1 aliphatic rings. The maximum atomic E-state index is 12.8. The van der Waals surface area contributed by atoms with Gasteiger partial charge in [0, 0.05) is 11.6 Å². The molecule has 2 nitrogen and oxygen atoms in total. The van der Waals surface area contributed by atoms with Gasteiger partial charge in [-0.3, -0.25) is 4.79 Å². The summed E-state index contributed by atoms with van der Waals surface area (Å²) in [6, 6.07) is 8.50. The Balaban J connectivity index is 1.88. The number of fused-ring (bicyclic) bond motifs is 1. The molecule has 1 heterocycles. The number of hydrogen-bond donors (Lipinski definition) is 1. The summed E-state index contributed by atoms with van der Waals surface area (Å²) in [5.41, 5.74) is 7.02. The predicted molar refractivity (Wildman–Crippen MR) is 81.3 cm³/mol. The van der Waals surface area contributed by atoms with Crippen molar-refractivity contribution in [1.82, 2.24) is 4.98 Å². The fraction of sp³-hybridized carbons (Fsp3) is 0.389. The summed E-state index contributed by atoms with van der Waals surface area (Å²) >= 11 is 0. The van der Waals surface area contributed by atoms with E-state index in [1.54, 1.807) is 0 Å². The van der Waals surface area contributed by atoms with Crippen molar-refractivity contribution in [3.8, 4) is 0 Å². The minimum absolute atomic E-state index is 0.126. The Morgan fingerprint density at radius 2 is 1.80 bits per heavy atom. The van der Waals surface area contributed by atoms with E-state index in [1.165, 1.54) is 16.7 Å². The SMILES string of the molecule is Cc1[nH]c(C(=O)C2CCc3ccccc3C2)c(C)c1C. The van der Waals surface area contributed by atoms with Gasteiger partial charge in [0.1, 0.15) is 0 Å². The zero-order valence-corrected chi connectivity index (χ0v) is 12.4. The maximum absolute atomic E-state index is 12.8. The summed E-state index contributed by atoms with van der Waals surface area (Å²) < 4.78 is 0. The molecule has 0 aliphatic heterocycles. The standard InChI is InChI=1S/C18H21NO/c1-11-12(2)17(19-13(11)3)18(20)16-9-8-14-6-4-5-7-15(14)10-16/h4-7,16,19H,8-10H2,1-3H3. The number of carbonyl (C=O) groups excluding carboxylic acids is 1. The number of aromatic nitrogens is 1. The number of rotatable bonds is 2. The number of ketones is 1. The molecule has 0 saturated carbocycles. The highest BCUT2D eigenvalue weighted by Crippen LogP contribution is 2.29. The second kappa shape index (κ2) is 4.93. The molecule has 1 atom stereocenters. The summed E-state index contributed by atoms with van der Waals surface area (Å²) in [5.74, 6) is 0.411. The molecule has 0 radical (unpaired) electrons. The molecule has 3 rings (SSSR count). The molecule has 1 unspecified atom stereocenters. The van der Waals surface area contributed by atoms with E-state index in [-0.39, 0.29) is 11.7 Å². The Bertz CT molecular complexity index is 666. The predicted octanol–water partition coefficient (Wildman–Crippen LogP) is 3.93. The monoisotopic (exact) mass is 267 g/mol. The van der Waals surface area contributed by atoms with Crippen LogP contribution >= 0.6 is 0 Å². The molecule has 1 N–H and O–H groups in total. The molecule has 1 aromatic heterocycles. The topological polar surface area (TPSA) is 32.9 Å². The van der Waals surface area contributed by atoms with Gasteiger partial charge in [0.15, 0.2) is 5.78 Å². The Hall–Kier alpha value is -1.83. The van der Waals surface area contributed by atoms with Crippen molar-refractivity contribution in [3.63, 3.8) is 0 Å². The van der Waals surface area contributed by atoms with Crippen LogP contribution in [0.1, 0.15) is 44.9 Å². The third kappa shape index (κ3) is 2.09. The van der Waals surface area contributed by atoms with E-state index >= 15 is 0 Å². The summed E-state index contributed by atoms with van der Waals surface area (Å²) in [7, 11) is 0. The second-order valence-electron chi connectivity index (χ2n) is 5.95. The van der Waals surface area contributed by atoms with Crippen molar-refractivity contribution in [1.29, 1.82) is 0 Å². The van der Waals surface area contributed by atoms with E-state index in [2.05, 4.69) is 36.2 Å². The van der Waals surface area contributed by atoms with Crippen LogP contribution in [0.3, 0.4) is 0 Å². The Labute approximate surface area is 120 Å². The number of H-pyrrole nitrogens is 1. The van der Waals surface area contributed by atoms with E-state index in [9.17, 15) is 4.79 Å². The molecule has 0 bridgehead atoms. The largest absolute Gasteiger partial charge is 0.356 e. The van der Waals surface area contributed by atoms with Crippen LogP contribution in [-0.4, -0.2) is 10.8 Å². The first kappa shape index (κ1) is 13.2. The molecule has 20 heavy (non-hydrogen) atoms.